The highest BCUT2D eigenvalue weighted by Crippen LogP contribution is 2.44. The van der Waals surface area contributed by atoms with E-state index < -0.39 is 11.9 Å². The highest BCUT2D eigenvalue weighted by Gasteiger charge is 2.47. The van der Waals surface area contributed by atoms with Gasteiger partial charge in [-0.25, -0.2) is 0 Å². The first-order valence-electron chi connectivity index (χ1n) is 8.26. The average molecular weight is 316 g/mol. The number of aliphatic carboxylic acids is 1. The van der Waals surface area contributed by atoms with Gasteiger partial charge in [0.1, 0.15) is 5.69 Å². The van der Waals surface area contributed by atoms with Crippen molar-refractivity contribution in [1.29, 1.82) is 0 Å². The van der Waals surface area contributed by atoms with Crippen LogP contribution in [0.1, 0.15) is 49.7 Å². The Kier molecular flexibility index (Phi) is 3.90. The lowest BCUT2D eigenvalue weighted by molar-refractivity contribution is -0.142. The standard InChI is InChI=1S/C18H24N2O3/c1-18(2,3)12-6-7-15(19-8-12)16(21)20-9-13(11-4-5-11)14(10-20)17(22)23/h6-8,11,13-14H,4-5,9-10H2,1-3H3,(H,22,23)/t13-,14+/m1/s1. The van der Waals surface area contributed by atoms with E-state index >= 15 is 0 Å². The van der Waals surface area contributed by atoms with Gasteiger partial charge in [-0.1, -0.05) is 26.8 Å². The van der Waals surface area contributed by atoms with Crippen LogP contribution in [0.5, 0.6) is 0 Å². The third kappa shape index (κ3) is 3.23. The average Bonchev–Trinajstić information content (AvgIpc) is 3.24. The van der Waals surface area contributed by atoms with Gasteiger partial charge >= 0.3 is 5.97 Å². The first kappa shape index (κ1) is 16.0. The largest absolute Gasteiger partial charge is 0.481 e. The second-order valence-corrected chi connectivity index (χ2v) is 7.84. The lowest BCUT2D eigenvalue weighted by Crippen LogP contribution is -2.30. The van der Waals surface area contributed by atoms with Gasteiger partial charge in [0, 0.05) is 19.3 Å². The van der Waals surface area contributed by atoms with Crippen LogP contribution in [-0.2, 0) is 10.2 Å². The SMILES string of the molecule is CC(C)(C)c1ccc(C(=O)N2C[C@H](C(=O)O)[C@@H](C3CC3)C2)nc1. The van der Waals surface area contributed by atoms with Crippen LogP contribution in [-0.4, -0.2) is 40.0 Å². The number of rotatable bonds is 3. The van der Waals surface area contributed by atoms with Crippen LogP contribution >= 0.6 is 0 Å². The zero-order valence-electron chi connectivity index (χ0n) is 14.0. The first-order chi connectivity index (χ1) is 10.8. The van der Waals surface area contributed by atoms with Crippen molar-refractivity contribution in [2.45, 2.75) is 39.0 Å². The van der Waals surface area contributed by atoms with E-state index in [1.165, 1.54) is 0 Å². The molecular weight excluding hydrogens is 292 g/mol. The van der Waals surface area contributed by atoms with Crippen LogP contribution in [0, 0.1) is 17.8 Å². The normalized spacial score (nSPS) is 24.7. The molecule has 0 bridgehead atoms. The van der Waals surface area contributed by atoms with Crippen molar-refractivity contribution < 1.29 is 14.7 Å². The zero-order chi connectivity index (χ0) is 16.8. The van der Waals surface area contributed by atoms with E-state index in [-0.39, 0.29) is 17.2 Å². The Bertz CT molecular complexity index is 614. The maximum Gasteiger partial charge on any atom is 0.308 e. The number of hydrogen-bond donors (Lipinski definition) is 1. The van der Waals surface area contributed by atoms with Crippen molar-refractivity contribution in [1.82, 2.24) is 9.88 Å². The summed E-state index contributed by atoms with van der Waals surface area (Å²) in [6, 6.07) is 3.69. The van der Waals surface area contributed by atoms with Crippen molar-refractivity contribution in [3.8, 4) is 0 Å². The number of nitrogens with zero attached hydrogens (tertiary/aromatic N) is 2. The van der Waals surface area contributed by atoms with Gasteiger partial charge in [-0.3, -0.25) is 14.6 Å². The molecule has 5 nitrogen and oxygen atoms in total. The van der Waals surface area contributed by atoms with Crippen LogP contribution in [0.2, 0.25) is 0 Å². The molecule has 1 aliphatic carbocycles. The molecule has 0 aromatic carbocycles. The lowest BCUT2D eigenvalue weighted by Gasteiger charge is -2.19. The fourth-order valence-electron chi connectivity index (χ4n) is 3.38. The molecule has 2 fully saturated rings. The van der Waals surface area contributed by atoms with Crippen LogP contribution in [0.3, 0.4) is 0 Å². The Morgan fingerprint density at radius 2 is 1.91 bits per heavy atom. The number of hydrogen-bond acceptors (Lipinski definition) is 3. The van der Waals surface area contributed by atoms with Crippen molar-refractivity contribution in [3.05, 3.63) is 29.6 Å². The van der Waals surface area contributed by atoms with E-state index in [9.17, 15) is 14.7 Å². The lowest BCUT2D eigenvalue weighted by atomic mass is 9.88. The van der Waals surface area contributed by atoms with Crippen molar-refractivity contribution >= 4 is 11.9 Å². The molecule has 3 rings (SSSR count). The molecule has 0 unspecified atom stereocenters. The van der Waals surface area contributed by atoms with Crippen LogP contribution in [0.15, 0.2) is 18.3 Å². The first-order valence-corrected chi connectivity index (χ1v) is 8.26. The molecule has 2 atom stereocenters. The summed E-state index contributed by atoms with van der Waals surface area (Å²) in [4.78, 5) is 30.1. The summed E-state index contributed by atoms with van der Waals surface area (Å²) >= 11 is 0. The molecule has 124 valence electrons. The molecule has 1 saturated heterocycles. The van der Waals surface area contributed by atoms with Crippen molar-refractivity contribution in [2.75, 3.05) is 13.1 Å². The van der Waals surface area contributed by atoms with Gasteiger partial charge in [-0.2, -0.15) is 0 Å². The molecule has 1 N–H and O–H groups in total. The highest BCUT2D eigenvalue weighted by atomic mass is 16.4. The molecule has 1 aliphatic heterocycles. The summed E-state index contributed by atoms with van der Waals surface area (Å²) in [6.45, 7) is 7.15. The topological polar surface area (TPSA) is 70.5 Å². The number of carbonyl (C=O) groups excluding carboxylic acids is 1. The van der Waals surface area contributed by atoms with Gasteiger partial charge in [-0.15, -0.1) is 0 Å². The predicted molar refractivity (Wildman–Crippen MR) is 86.2 cm³/mol. The second-order valence-electron chi connectivity index (χ2n) is 7.84. The van der Waals surface area contributed by atoms with Crippen LogP contribution < -0.4 is 0 Å². The van der Waals surface area contributed by atoms with Crippen molar-refractivity contribution in [3.63, 3.8) is 0 Å². The van der Waals surface area contributed by atoms with Gasteiger partial charge in [0.2, 0.25) is 0 Å². The molecule has 0 radical (unpaired) electrons. The molecule has 2 aliphatic rings. The smallest absolute Gasteiger partial charge is 0.308 e. The number of aromatic nitrogens is 1. The minimum Gasteiger partial charge on any atom is -0.481 e. The Balaban J connectivity index is 1.74. The minimum atomic E-state index is -0.784. The summed E-state index contributed by atoms with van der Waals surface area (Å²) < 4.78 is 0. The fraction of sp³-hybridized carbons (Fsp3) is 0.611. The molecule has 1 saturated carbocycles. The van der Waals surface area contributed by atoms with Gasteiger partial charge < -0.3 is 10.0 Å². The zero-order valence-corrected chi connectivity index (χ0v) is 14.0. The summed E-state index contributed by atoms with van der Waals surface area (Å²) in [7, 11) is 0. The summed E-state index contributed by atoms with van der Waals surface area (Å²) in [5.74, 6) is -0.788. The van der Waals surface area contributed by atoms with Gasteiger partial charge in [-0.05, 0) is 41.7 Å². The van der Waals surface area contributed by atoms with Crippen LogP contribution in [0.25, 0.3) is 0 Å². The van der Waals surface area contributed by atoms with Gasteiger partial charge in [0.15, 0.2) is 0 Å². The third-order valence-electron chi connectivity index (χ3n) is 5.05. The fourth-order valence-corrected chi connectivity index (χ4v) is 3.38. The van der Waals surface area contributed by atoms with E-state index in [4.69, 9.17) is 0 Å². The maximum atomic E-state index is 12.6. The number of carboxylic acids is 1. The molecule has 1 aromatic heterocycles. The number of carbonyl (C=O) groups is 2. The Morgan fingerprint density at radius 3 is 2.39 bits per heavy atom. The summed E-state index contributed by atoms with van der Waals surface area (Å²) in [5, 5.41) is 9.40. The Hall–Kier alpha value is -1.91. The molecule has 1 aromatic rings. The minimum absolute atomic E-state index is 0.00626. The summed E-state index contributed by atoms with van der Waals surface area (Å²) in [5.41, 5.74) is 1.47. The Morgan fingerprint density at radius 1 is 1.22 bits per heavy atom. The predicted octanol–water partition coefficient (Wildman–Crippen LogP) is 2.56. The van der Waals surface area contributed by atoms with Gasteiger partial charge in [0.25, 0.3) is 5.91 Å². The number of pyridine rings is 1. The molecule has 0 spiro atoms. The third-order valence-corrected chi connectivity index (χ3v) is 5.05. The molecule has 23 heavy (non-hydrogen) atoms. The Labute approximate surface area is 136 Å². The maximum absolute atomic E-state index is 12.6. The number of likely N-dealkylation sites (tertiary alicyclic amines) is 1. The quantitative estimate of drug-likeness (QED) is 0.930. The van der Waals surface area contributed by atoms with E-state index in [2.05, 4.69) is 25.8 Å². The second kappa shape index (κ2) is 5.62. The van der Waals surface area contributed by atoms with E-state index in [1.807, 2.05) is 6.07 Å². The molecule has 2 heterocycles. The van der Waals surface area contributed by atoms with E-state index in [0.717, 1.165) is 18.4 Å². The molecule has 5 heteroatoms. The number of carboxylic acid groups (broad SMARTS) is 1. The monoisotopic (exact) mass is 316 g/mol. The highest BCUT2D eigenvalue weighted by molar-refractivity contribution is 5.93. The molecular formula is C18H24N2O3. The van der Waals surface area contributed by atoms with E-state index in [0.29, 0.717) is 24.7 Å². The van der Waals surface area contributed by atoms with E-state index in [1.54, 1.807) is 17.2 Å². The van der Waals surface area contributed by atoms with Gasteiger partial charge in [0.05, 0.1) is 5.92 Å². The number of amides is 1. The molecule has 1 amide bonds. The van der Waals surface area contributed by atoms with Crippen LogP contribution in [0.4, 0.5) is 0 Å². The van der Waals surface area contributed by atoms with Crippen molar-refractivity contribution in [2.24, 2.45) is 17.8 Å². The summed E-state index contributed by atoms with van der Waals surface area (Å²) in [6.07, 6.45) is 3.93.